The second kappa shape index (κ2) is 9.65. The summed E-state index contributed by atoms with van der Waals surface area (Å²) in [6.45, 7) is 1.56. The Hall–Kier alpha value is -1.22. The molecule has 4 atom stereocenters. The molecule has 118 valence electrons. The second-order valence-corrected chi connectivity index (χ2v) is 4.11. The Labute approximate surface area is 116 Å². The van der Waals surface area contributed by atoms with Gasteiger partial charge in [0.05, 0.1) is 13.2 Å². The molecule has 0 saturated heterocycles. The number of hydrogen-bond donors (Lipinski definition) is 4. The minimum Gasteiger partial charge on any atom is -0.457 e. The molecule has 0 aliphatic carbocycles. The summed E-state index contributed by atoms with van der Waals surface area (Å²) in [7, 11) is 0. The van der Waals surface area contributed by atoms with Crippen LogP contribution in [0.1, 0.15) is 26.7 Å². The van der Waals surface area contributed by atoms with E-state index in [0.717, 1.165) is 0 Å². The maximum absolute atomic E-state index is 11.2. The van der Waals surface area contributed by atoms with Crippen LogP contribution < -0.4 is 0 Å². The minimum absolute atomic E-state index is 0.0000913. The van der Waals surface area contributed by atoms with Crippen LogP contribution in [0.4, 0.5) is 0 Å². The zero-order chi connectivity index (χ0) is 15.7. The summed E-state index contributed by atoms with van der Waals surface area (Å²) in [5, 5.41) is 37.5. The van der Waals surface area contributed by atoms with Gasteiger partial charge in [0.25, 0.3) is 0 Å². The van der Waals surface area contributed by atoms with Gasteiger partial charge in [-0.2, -0.15) is 0 Å². The molecule has 0 fully saturated rings. The van der Waals surface area contributed by atoms with Gasteiger partial charge in [0, 0.05) is 12.8 Å². The Kier molecular flexibility index (Phi) is 9.06. The van der Waals surface area contributed by atoms with E-state index >= 15 is 0 Å². The minimum atomic E-state index is -1.66. The van der Waals surface area contributed by atoms with E-state index in [1.54, 1.807) is 0 Å². The smallest absolute Gasteiger partial charge is 0.305 e. The van der Waals surface area contributed by atoms with Crippen molar-refractivity contribution in [1.82, 2.24) is 0 Å². The second-order valence-electron chi connectivity index (χ2n) is 4.11. The number of carbonyl (C=O) groups is 2. The number of carbonyl (C=O) groups excluding carboxylic acids is 2. The van der Waals surface area contributed by atoms with Gasteiger partial charge in [-0.15, -0.1) is 0 Å². The largest absolute Gasteiger partial charge is 0.457 e. The summed E-state index contributed by atoms with van der Waals surface area (Å²) >= 11 is 0. The first-order valence-corrected chi connectivity index (χ1v) is 6.37. The van der Waals surface area contributed by atoms with Crippen molar-refractivity contribution in [2.24, 2.45) is 0 Å². The Morgan fingerprint density at radius 3 is 1.85 bits per heavy atom. The van der Waals surface area contributed by atoms with Crippen molar-refractivity contribution in [2.75, 3.05) is 13.2 Å². The molecule has 0 heterocycles. The van der Waals surface area contributed by atoms with Gasteiger partial charge in [0.1, 0.15) is 12.2 Å². The number of hydrogen-bond acceptors (Lipinski definition) is 8. The molecule has 0 amide bonds. The average Bonchev–Trinajstić information content (AvgIpc) is 2.47. The zero-order valence-corrected chi connectivity index (χ0v) is 11.6. The van der Waals surface area contributed by atoms with Crippen molar-refractivity contribution in [1.29, 1.82) is 0 Å². The van der Waals surface area contributed by atoms with Crippen LogP contribution >= 0.6 is 0 Å². The van der Waals surface area contributed by atoms with E-state index in [1.165, 1.54) is 13.8 Å². The number of aliphatic hydroxyl groups is 4. The molecule has 0 unspecified atom stereocenters. The maximum atomic E-state index is 11.2. The SMILES string of the molecule is CCC(=O)O[C@@H]([C@H](O)[C@H](CO)OC(=O)CC)[C@H](O)CO. The zero-order valence-electron chi connectivity index (χ0n) is 11.6. The topological polar surface area (TPSA) is 134 Å². The molecule has 8 heteroatoms. The van der Waals surface area contributed by atoms with Gasteiger partial charge >= 0.3 is 11.9 Å². The molecule has 0 aromatic rings. The van der Waals surface area contributed by atoms with Gasteiger partial charge in [-0.3, -0.25) is 9.59 Å². The lowest BCUT2D eigenvalue weighted by molar-refractivity contribution is -0.186. The fourth-order valence-electron chi connectivity index (χ4n) is 1.39. The molecular weight excluding hydrogens is 272 g/mol. The lowest BCUT2D eigenvalue weighted by Crippen LogP contribution is -2.50. The third-order valence-electron chi connectivity index (χ3n) is 2.59. The Morgan fingerprint density at radius 1 is 0.950 bits per heavy atom. The standard InChI is InChI=1S/C12H22O8/c1-3-9(16)19-8(6-14)11(18)12(7(15)5-13)20-10(17)4-2/h7-8,11-15,18H,3-6H2,1-2H3/t7-,8+,11-,12-/m1/s1. The Morgan fingerprint density at radius 2 is 1.45 bits per heavy atom. The van der Waals surface area contributed by atoms with Crippen molar-refractivity contribution >= 4 is 11.9 Å². The Balaban J connectivity index is 4.92. The van der Waals surface area contributed by atoms with E-state index in [9.17, 15) is 19.8 Å². The van der Waals surface area contributed by atoms with Crippen LogP contribution in [0.3, 0.4) is 0 Å². The lowest BCUT2D eigenvalue weighted by Gasteiger charge is -2.30. The molecule has 0 aliphatic heterocycles. The highest BCUT2D eigenvalue weighted by Crippen LogP contribution is 2.13. The van der Waals surface area contributed by atoms with Crippen LogP contribution in [-0.2, 0) is 19.1 Å². The van der Waals surface area contributed by atoms with Gasteiger partial charge < -0.3 is 29.9 Å². The molecule has 0 rings (SSSR count). The predicted molar refractivity (Wildman–Crippen MR) is 66.5 cm³/mol. The molecule has 0 aliphatic rings. The highest BCUT2D eigenvalue weighted by Gasteiger charge is 2.37. The number of rotatable bonds is 9. The summed E-state index contributed by atoms with van der Waals surface area (Å²) in [6, 6.07) is 0. The van der Waals surface area contributed by atoms with Gasteiger partial charge in [-0.1, -0.05) is 13.8 Å². The summed E-state index contributed by atoms with van der Waals surface area (Å²) in [5.41, 5.74) is 0. The van der Waals surface area contributed by atoms with Gasteiger partial charge in [0.2, 0.25) is 0 Å². The summed E-state index contributed by atoms with van der Waals surface area (Å²) in [5.74, 6) is -1.37. The summed E-state index contributed by atoms with van der Waals surface area (Å²) < 4.78 is 9.59. The molecule has 20 heavy (non-hydrogen) atoms. The van der Waals surface area contributed by atoms with Crippen molar-refractivity contribution in [3.63, 3.8) is 0 Å². The fraction of sp³-hybridized carbons (Fsp3) is 0.833. The first-order valence-electron chi connectivity index (χ1n) is 6.37. The fourth-order valence-corrected chi connectivity index (χ4v) is 1.39. The molecular formula is C12H22O8. The normalized spacial score (nSPS) is 16.9. The molecule has 8 nitrogen and oxygen atoms in total. The van der Waals surface area contributed by atoms with Crippen molar-refractivity contribution in [2.45, 2.75) is 51.1 Å². The van der Waals surface area contributed by atoms with Crippen LogP contribution in [0.15, 0.2) is 0 Å². The van der Waals surface area contributed by atoms with Crippen LogP contribution in [0.25, 0.3) is 0 Å². The van der Waals surface area contributed by atoms with E-state index in [0.29, 0.717) is 0 Å². The number of esters is 2. The highest BCUT2D eigenvalue weighted by molar-refractivity contribution is 5.69. The predicted octanol–water partition coefficient (Wildman–Crippen LogP) is -1.66. The third-order valence-corrected chi connectivity index (χ3v) is 2.59. The van der Waals surface area contributed by atoms with E-state index < -0.39 is 49.6 Å². The first-order chi connectivity index (χ1) is 9.40. The van der Waals surface area contributed by atoms with E-state index in [-0.39, 0.29) is 12.8 Å². The molecule has 0 aromatic heterocycles. The molecule has 0 saturated carbocycles. The average molecular weight is 294 g/mol. The third kappa shape index (κ3) is 5.83. The van der Waals surface area contributed by atoms with Gasteiger partial charge in [-0.25, -0.2) is 0 Å². The summed E-state index contributed by atoms with van der Waals surface area (Å²) in [4.78, 5) is 22.4. The highest BCUT2D eigenvalue weighted by atomic mass is 16.6. The van der Waals surface area contributed by atoms with Crippen LogP contribution in [-0.4, -0.2) is 70.0 Å². The van der Waals surface area contributed by atoms with Gasteiger partial charge in [-0.05, 0) is 0 Å². The lowest BCUT2D eigenvalue weighted by atomic mass is 10.0. The number of aliphatic hydroxyl groups excluding tert-OH is 4. The van der Waals surface area contributed by atoms with Crippen molar-refractivity contribution in [3.8, 4) is 0 Å². The molecule has 0 bridgehead atoms. The molecule has 0 radical (unpaired) electrons. The summed E-state index contributed by atoms with van der Waals surface area (Å²) in [6.07, 6.45) is -6.05. The first kappa shape index (κ1) is 18.8. The molecule has 0 spiro atoms. The van der Waals surface area contributed by atoms with E-state index in [1.807, 2.05) is 0 Å². The number of ether oxygens (including phenoxy) is 2. The van der Waals surface area contributed by atoms with Crippen molar-refractivity contribution < 1.29 is 39.5 Å². The molecule has 4 N–H and O–H groups in total. The van der Waals surface area contributed by atoms with Crippen LogP contribution in [0.5, 0.6) is 0 Å². The van der Waals surface area contributed by atoms with Crippen LogP contribution in [0, 0.1) is 0 Å². The monoisotopic (exact) mass is 294 g/mol. The molecule has 0 aromatic carbocycles. The maximum Gasteiger partial charge on any atom is 0.305 e. The quantitative estimate of drug-likeness (QED) is 0.371. The van der Waals surface area contributed by atoms with Crippen molar-refractivity contribution in [3.05, 3.63) is 0 Å². The van der Waals surface area contributed by atoms with E-state index in [4.69, 9.17) is 19.7 Å². The Bertz CT molecular complexity index is 306. The van der Waals surface area contributed by atoms with Gasteiger partial charge in [0.15, 0.2) is 12.2 Å². The van der Waals surface area contributed by atoms with Crippen LogP contribution in [0.2, 0.25) is 0 Å². The van der Waals surface area contributed by atoms with E-state index in [2.05, 4.69) is 0 Å².